The maximum absolute atomic E-state index is 6.21. The number of hydrogen-bond donors (Lipinski definition) is 1. The van der Waals surface area contributed by atoms with E-state index in [1.165, 1.54) is 0 Å². The van der Waals surface area contributed by atoms with Gasteiger partial charge in [0.2, 0.25) is 0 Å². The van der Waals surface area contributed by atoms with Crippen molar-refractivity contribution in [3.8, 4) is 5.75 Å². The highest BCUT2D eigenvalue weighted by atomic mass is 79.9. The van der Waals surface area contributed by atoms with Gasteiger partial charge in [-0.25, -0.2) is 0 Å². The number of rotatable bonds is 7. The standard InChI is InChI=1S/C16H20BrNO2S/c1-3-13(18)16(14-8-9-15(17)21-14)20-10-11-4-6-12(19-2)7-5-11/h4-9,13,16H,3,10,18H2,1-2H3. The number of methoxy groups -OCH3 is 1. The van der Waals surface area contributed by atoms with Crippen LogP contribution in [0.15, 0.2) is 40.2 Å². The molecule has 5 heteroatoms. The van der Waals surface area contributed by atoms with Gasteiger partial charge in [-0.2, -0.15) is 0 Å². The molecule has 0 saturated heterocycles. The van der Waals surface area contributed by atoms with Gasteiger partial charge in [0.15, 0.2) is 0 Å². The molecular weight excluding hydrogens is 350 g/mol. The van der Waals surface area contributed by atoms with E-state index in [4.69, 9.17) is 15.2 Å². The second-order valence-electron chi connectivity index (χ2n) is 4.79. The molecule has 0 aliphatic rings. The highest BCUT2D eigenvalue weighted by Crippen LogP contribution is 2.32. The van der Waals surface area contributed by atoms with Gasteiger partial charge in [-0.1, -0.05) is 19.1 Å². The lowest BCUT2D eigenvalue weighted by Crippen LogP contribution is -2.29. The predicted molar refractivity (Wildman–Crippen MR) is 90.8 cm³/mol. The molecule has 0 aliphatic carbocycles. The minimum atomic E-state index is -0.0756. The lowest BCUT2D eigenvalue weighted by atomic mass is 10.1. The van der Waals surface area contributed by atoms with Gasteiger partial charge < -0.3 is 15.2 Å². The van der Waals surface area contributed by atoms with Crippen LogP contribution in [0.3, 0.4) is 0 Å². The summed E-state index contributed by atoms with van der Waals surface area (Å²) in [6, 6.07) is 12.0. The van der Waals surface area contributed by atoms with Crippen molar-refractivity contribution in [2.24, 2.45) is 5.73 Å². The van der Waals surface area contributed by atoms with Crippen LogP contribution < -0.4 is 10.5 Å². The van der Waals surface area contributed by atoms with E-state index in [2.05, 4.69) is 28.9 Å². The van der Waals surface area contributed by atoms with Crippen LogP contribution in [0.4, 0.5) is 0 Å². The minimum absolute atomic E-state index is 0.00574. The van der Waals surface area contributed by atoms with Gasteiger partial charge >= 0.3 is 0 Å². The van der Waals surface area contributed by atoms with Gasteiger partial charge in [-0.15, -0.1) is 11.3 Å². The van der Waals surface area contributed by atoms with Crippen LogP contribution in [-0.2, 0) is 11.3 Å². The molecule has 21 heavy (non-hydrogen) atoms. The minimum Gasteiger partial charge on any atom is -0.497 e. The van der Waals surface area contributed by atoms with E-state index < -0.39 is 0 Å². The third-order valence-electron chi connectivity index (χ3n) is 3.32. The van der Waals surface area contributed by atoms with Crippen LogP contribution in [0.1, 0.15) is 29.9 Å². The Morgan fingerprint density at radius 2 is 1.90 bits per heavy atom. The fourth-order valence-electron chi connectivity index (χ4n) is 2.02. The van der Waals surface area contributed by atoms with E-state index in [0.29, 0.717) is 6.61 Å². The average Bonchev–Trinajstić information content (AvgIpc) is 2.94. The van der Waals surface area contributed by atoms with E-state index in [-0.39, 0.29) is 12.1 Å². The molecule has 1 heterocycles. The first kappa shape index (κ1) is 16.5. The number of benzene rings is 1. The molecule has 0 fully saturated rings. The Labute approximate surface area is 138 Å². The summed E-state index contributed by atoms with van der Waals surface area (Å²) in [5.74, 6) is 0.850. The largest absolute Gasteiger partial charge is 0.497 e. The van der Waals surface area contributed by atoms with Crippen molar-refractivity contribution in [1.29, 1.82) is 0 Å². The summed E-state index contributed by atoms with van der Waals surface area (Å²) in [4.78, 5) is 1.16. The topological polar surface area (TPSA) is 44.5 Å². The van der Waals surface area contributed by atoms with Crippen LogP contribution in [0, 0.1) is 0 Å². The van der Waals surface area contributed by atoms with Crippen molar-refractivity contribution in [2.45, 2.75) is 32.1 Å². The summed E-state index contributed by atoms with van der Waals surface area (Å²) in [6.45, 7) is 2.62. The molecule has 2 N–H and O–H groups in total. The zero-order chi connectivity index (χ0) is 15.2. The number of nitrogens with two attached hydrogens (primary N) is 1. The summed E-state index contributed by atoms with van der Waals surface area (Å²) < 4.78 is 12.3. The molecule has 2 aromatic rings. The van der Waals surface area contributed by atoms with E-state index in [9.17, 15) is 0 Å². The molecule has 1 aromatic carbocycles. The fraction of sp³-hybridized carbons (Fsp3) is 0.375. The molecule has 0 bridgehead atoms. The summed E-state index contributed by atoms with van der Waals surface area (Å²) >= 11 is 5.16. The van der Waals surface area contributed by atoms with Gasteiger partial charge in [0.25, 0.3) is 0 Å². The van der Waals surface area contributed by atoms with Crippen molar-refractivity contribution in [3.05, 3.63) is 50.6 Å². The molecule has 3 nitrogen and oxygen atoms in total. The Balaban J connectivity index is 2.04. The molecule has 0 spiro atoms. The lowest BCUT2D eigenvalue weighted by Gasteiger charge is -2.22. The number of halogens is 1. The smallest absolute Gasteiger partial charge is 0.118 e. The van der Waals surface area contributed by atoms with Crippen molar-refractivity contribution < 1.29 is 9.47 Å². The molecular formula is C16H20BrNO2S. The highest BCUT2D eigenvalue weighted by molar-refractivity contribution is 9.11. The maximum atomic E-state index is 6.21. The van der Waals surface area contributed by atoms with E-state index >= 15 is 0 Å². The quantitative estimate of drug-likeness (QED) is 0.780. The number of hydrogen-bond acceptors (Lipinski definition) is 4. The second kappa shape index (κ2) is 7.94. The number of thiophene rings is 1. The van der Waals surface area contributed by atoms with Gasteiger partial charge in [-0.05, 0) is 52.2 Å². The molecule has 1 aromatic heterocycles. The molecule has 2 atom stereocenters. The van der Waals surface area contributed by atoms with Gasteiger partial charge in [0.05, 0.1) is 17.5 Å². The third kappa shape index (κ3) is 4.54. The second-order valence-corrected chi connectivity index (χ2v) is 7.29. The molecule has 0 radical (unpaired) electrons. The normalized spacial score (nSPS) is 13.9. The predicted octanol–water partition coefficient (Wildman–Crippen LogP) is 4.51. The van der Waals surface area contributed by atoms with Gasteiger partial charge in [0.1, 0.15) is 11.9 Å². The van der Waals surface area contributed by atoms with Crippen molar-refractivity contribution in [1.82, 2.24) is 0 Å². The van der Waals surface area contributed by atoms with Crippen molar-refractivity contribution >= 4 is 27.3 Å². The van der Waals surface area contributed by atoms with Crippen LogP contribution in [0.25, 0.3) is 0 Å². The van der Waals surface area contributed by atoms with Crippen molar-refractivity contribution in [2.75, 3.05) is 7.11 Å². The van der Waals surface area contributed by atoms with Crippen molar-refractivity contribution in [3.63, 3.8) is 0 Å². The third-order valence-corrected chi connectivity index (χ3v) is 5.01. The summed E-state index contributed by atoms with van der Waals surface area (Å²) in [5, 5.41) is 0. The Hall–Kier alpha value is -0.880. The summed E-state index contributed by atoms with van der Waals surface area (Å²) in [7, 11) is 1.66. The van der Waals surface area contributed by atoms with Gasteiger partial charge in [-0.3, -0.25) is 0 Å². The maximum Gasteiger partial charge on any atom is 0.118 e. The van der Waals surface area contributed by atoms with E-state index in [1.807, 2.05) is 30.3 Å². The van der Waals surface area contributed by atoms with Crippen LogP contribution in [0.5, 0.6) is 5.75 Å². The first-order chi connectivity index (χ1) is 10.1. The molecule has 0 aliphatic heterocycles. The number of ether oxygens (including phenoxy) is 2. The SMILES string of the molecule is CCC(N)C(OCc1ccc(OC)cc1)c1ccc(Br)s1. The highest BCUT2D eigenvalue weighted by Gasteiger charge is 2.21. The molecule has 0 amide bonds. The Morgan fingerprint density at radius 1 is 1.19 bits per heavy atom. The molecule has 2 rings (SSSR count). The zero-order valence-electron chi connectivity index (χ0n) is 12.2. The summed E-state index contributed by atoms with van der Waals surface area (Å²) in [6.07, 6.45) is 0.802. The Kier molecular flexibility index (Phi) is 6.23. The first-order valence-corrected chi connectivity index (χ1v) is 8.50. The fourth-order valence-corrected chi connectivity index (χ4v) is 3.57. The lowest BCUT2D eigenvalue weighted by molar-refractivity contribution is 0.0236. The monoisotopic (exact) mass is 369 g/mol. The Morgan fingerprint density at radius 3 is 2.43 bits per heavy atom. The molecule has 0 saturated carbocycles. The Bertz CT molecular complexity index is 556. The summed E-state index contributed by atoms with van der Waals surface area (Å²) in [5.41, 5.74) is 7.33. The van der Waals surface area contributed by atoms with Crippen LogP contribution in [-0.4, -0.2) is 13.2 Å². The van der Waals surface area contributed by atoms with E-state index in [0.717, 1.165) is 26.4 Å². The zero-order valence-corrected chi connectivity index (χ0v) is 14.6. The molecule has 2 unspecified atom stereocenters. The van der Waals surface area contributed by atoms with Gasteiger partial charge in [0, 0.05) is 10.9 Å². The van der Waals surface area contributed by atoms with Crippen LogP contribution >= 0.6 is 27.3 Å². The average molecular weight is 370 g/mol. The van der Waals surface area contributed by atoms with Crippen LogP contribution in [0.2, 0.25) is 0 Å². The molecule has 114 valence electrons. The first-order valence-electron chi connectivity index (χ1n) is 6.89. The van der Waals surface area contributed by atoms with E-state index in [1.54, 1.807) is 18.4 Å².